The molecule has 1 aromatic rings. The molecule has 92 valence electrons. The lowest BCUT2D eigenvalue weighted by Gasteiger charge is -2.28. The summed E-state index contributed by atoms with van der Waals surface area (Å²) < 4.78 is 31.7. The molecule has 0 amide bonds. The molecule has 1 aliphatic heterocycles. The van der Waals surface area contributed by atoms with Crippen molar-refractivity contribution >= 4 is 5.57 Å². The van der Waals surface area contributed by atoms with Gasteiger partial charge in [0.15, 0.2) is 0 Å². The van der Waals surface area contributed by atoms with Crippen molar-refractivity contribution < 1.29 is 18.6 Å². The van der Waals surface area contributed by atoms with Crippen LogP contribution in [0.2, 0.25) is 0 Å². The van der Waals surface area contributed by atoms with Gasteiger partial charge < -0.3 is 9.84 Å². The van der Waals surface area contributed by atoms with E-state index in [-0.39, 0.29) is 18.6 Å². The average molecular weight is 240 g/mol. The molecule has 0 radical (unpaired) electrons. The summed E-state index contributed by atoms with van der Waals surface area (Å²) in [7, 11) is 0. The van der Waals surface area contributed by atoms with Gasteiger partial charge in [0, 0.05) is 11.6 Å². The second-order valence-corrected chi connectivity index (χ2v) is 4.31. The zero-order chi connectivity index (χ0) is 12.4. The van der Waals surface area contributed by atoms with Crippen molar-refractivity contribution in [3.8, 4) is 0 Å². The van der Waals surface area contributed by atoms with Gasteiger partial charge in [-0.05, 0) is 30.0 Å². The maximum absolute atomic E-state index is 13.6. The largest absolute Gasteiger partial charge is 0.495 e. The molecule has 0 aromatic heterocycles. The molecule has 2 unspecified atom stereocenters. The Balaban J connectivity index is 2.26. The number of aliphatic hydroxyl groups is 1. The first-order chi connectivity index (χ1) is 8.11. The fourth-order valence-corrected chi connectivity index (χ4v) is 1.98. The van der Waals surface area contributed by atoms with Crippen LogP contribution in [0, 0.1) is 17.6 Å². The monoisotopic (exact) mass is 240 g/mol. The number of hydrogen-bond acceptors (Lipinski definition) is 2. The smallest absolute Gasteiger partial charge is 0.133 e. The number of rotatable bonds is 2. The van der Waals surface area contributed by atoms with Crippen molar-refractivity contribution in [2.45, 2.75) is 19.4 Å². The summed E-state index contributed by atoms with van der Waals surface area (Å²) in [4.78, 5) is 0. The van der Waals surface area contributed by atoms with E-state index in [0.717, 1.165) is 6.07 Å². The third-order valence-electron chi connectivity index (χ3n) is 3.02. The van der Waals surface area contributed by atoms with Crippen LogP contribution in [0.4, 0.5) is 8.78 Å². The van der Waals surface area contributed by atoms with E-state index in [1.54, 1.807) is 0 Å². The van der Waals surface area contributed by atoms with E-state index in [4.69, 9.17) is 9.84 Å². The van der Waals surface area contributed by atoms with Crippen LogP contribution in [0.5, 0.6) is 0 Å². The first-order valence-corrected chi connectivity index (χ1v) is 5.52. The van der Waals surface area contributed by atoms with Crippen LogP contribution in [0.15, 0.2) is 24.5 Å². The van der Waals surface area contributed by atoms with Crippen LogP contribution in [0.1, 0.15) is 18.9 Å². The van der Waals surface area contributed by atoms with E-state index in [2.05, 4.69) is 0 Å². The summed E-state index contributed by atoms with van der Waals surface area (Å²) in [5.41, 5.74) is 1.05. The molecular weight excluding hydrogens is 226 g/mol. The topological polar surface area (TPSA) is 29.5 Å². The summed E-state index contributed by atoms with van der Waals surface area (Å²) in [6, 6.07) is 3.49. The highest BCUT2D eigenvalue weighted by molar-refractivity contribution is 5.66. The second kappa shape index (κ2) is 4.84. The minimum Gasteiger partial charge on any atom is -0.495 e. The highest BCUT2D eigenvalue weighted by atomic mass is 19.1. The van der Waals surface area contributed by atoms with Gasteiger partial charge in [0.2, 0.25) is 0 Å². The quantitative estimate of drug-likeness (QED) is 0.861. The van der Waals surface area contributed by atoms with Gasteiger partial charge in [-0.3, -0.25) is 0 Å². The predicted octanol–water partition coefficient (Wildman–Crippen LogP) is 2.72. The third-order valence-corrected chi connectivity index (χ3v) is 3.02. The van der Waals surface area contributed by atoms with E-state index in [9.17, 15) is 8.78 Å². The predicted molar refractivity (Wildman–Crippen MR) is 60.1 cm³/mol. The van der Waals surface area contributed by atoms with Crippen LogP contribution in [0.3, 0.4) is 0 Å². The minimum atomic E-state index is -0.593. The molecule has 1 aliphatic rings. The van der Waals surface area contributed by atoms with Gasteiger partial charge >= 0.3 is 0 Å². The van der Waals surface area contributed by atoms with Crippen molar-refractivity contribution in [2.75, 3.05) is 6.61 Å². The number of allylic oxidation sites excluding steroid dienone is 1. The summed E-state index contributed by atoms with van der Waals surface area (Å²) in [6.07, 6.45) is 1.81. The van der Waals surface area contributed by atoms with E-state index < -0.39 is 11.6 Å². The molecule has 1 N–H and O–H groups in total. The van der Waals surface area contributed by atoms with Crippen LogP contribution < -0.4 is 0 Å². The normalized spacial score (nSPS) is 24.1. The minimum absolute atomic E-state index is 0.0587. The Labute approximate surface area is 98.5 Å². The average Bonchev–Trinajstić information content (AvgIpc) is 2.29. The maximum atomic E-state index is 13.6. The highest BCUT2D eigenvalue weighted by Gasteiger charge is 2.24. The van der Waals surface area contributed by atoms with Crippen LogP contribution in [-0.2, 0) is 4.74 Å². The Bertz CT molecular complexity index is 443. The Hall–Kier alpha value is -1.42. The lowest BCUT2D eigenvalue weighted by Crippen LogP contribution is -2.27. The molecule has 2 nitrogen and oxygen atoms in total. The van der Waals surface area contributed by atoms with E-state index >= 15 is 0 Å². The summed E-state index contributed by atoms with van der Waals surface area (Å²) >= 11 is 0. The second-order valence-electron chi connectivity index (χ2n) is 4.31. The molecule has 0 aliphatic carbocycles. The van der Waals surface area contributed by atoms with Gasteiger partial charge in [0.25, 0.3) is 0 Å². The van der Waals surface area contributed by atoms with Crippen molar-refractivity contribution in [1.29, 1.82) is 0 Å². The van der Waals surface area contributed by atoms with Crippen molar-refractivity contribution in [1.82, 2.24) is 0 Å². The lowest BCUT2D eigenvalue weighted by atomic mass is 9.90. The Morgan fingerprint density at radius 1 is 1.41 bits per heavy atom. The molecule has 0 spiro atoms. The number of halogens is 2. The Morgan fingerprint density at radius 2 is 2.18 bits per heavy atom. The molecular formula is C13H14F2O2. The van der Waals surface area contributed by atoms with Gasteiger partial charge in [-0.1, -0.05) is 6.92 Å². The summed E-state index contributed by atoms with van der Waals surface area (Å²) in [6.45, 7) is 1.87. The van der Waals surface area contributed by atoms with E-state index in [1.807, 2.05) is 6.92 Å². The van der Waals surface area contributed by atoms with Gasteiger partial charge in [-0.25, -0.2) is 8.78 Å². The lowest BCUT2D eigenvalue weighted by molar-refractivity contribution is 0.0318. The van der Waals surface area contributed by atoms with Crippen LogP contribution in [-0.4, -0.2) is 17.8 Å². The van der Waals surface area contributed by atoms with Crippen molar-refractivity contribution in [2.24, 2.45) is 5.92 Å². The highest BCUT2D eigenvalue weighted by Crippen LogP contribution is 2.31. The SMILES string of the molecule is CC1CC(c2ccc(F)cc2F)=COC1CO. The van der Waals surface area contributed by atoms with Gasteiger partial charge in [-0.2, -0.15) is 0 Å². The Morgan fingerprint density at radius 3 is 2.76 bits per heavy atom. The van der Waals surface area contributed by atoms with E-state index in [1.165, 1.54) is 18.4 Å². The number of hydrogen-bond donors (Lipinski definition) is 1. The molecule has 0 fully saturated rings. The summed E-state index contributed by atoms with van der Waals surface area (Å²) in [5.74, 6) is -1.08. The van der Waals surface area contributed by atoms with Crippen molar-refractivity contribution in [3.63, 3.8) is 0 Å². The third kappa shape index (κ3) is 2.47. The molecule has 1 aromatic carbocycles. The molecule has 17 heavy (non-hydrogen) atoms. The molecule has 2 atom stereocenters. The zero-order valence-corrected chi connectivity index (χ0v) is 9.49. The van der Waals surface area contributed by atoms with Gasteiger partial charge in [0.1, 0.15) is 17.7 Å². The van der Waals surface area contributed by atoms with Gasteiger partial charge in [0.05, 0.1) is 12.9 Å². The van der Waals surface area contributed by atoms with Crippen molar-refractivity contribution in [3.05, 3.63) is 41.7 Å². The summed E-state index contributed by atoms with van der Waals surface area (Å²) in [5, 5.41) is 9.03. The molecule has 4 heteroatoms. The van der Waals surface area contributed by atoms with Crippen LogP contribution in [0.25, 0.3) is 5.57 Å². The molecule has 2 rings (SSSR count). The molecule has 0 saturated heterocycles. The first-order valence-electron chi connectivity index (χ1n) is 5.52. The number of aliphatic hydroxyl groups excluding tert-OH is 1. The van der Waals surface area contributed by atoms with E-state index in [0.29, 0.717) is 17.6 Å². The fraction of sp³-hybridized carbons (Fsp3) is 0.385. The first kappa shape index (κ1) is 12.0. The zero-order valence-electron chi connectivity index (χ0n) is 9.49. The maximum Gasteiger partial charge on any atom is 0.133 e. The van der Waals surface area contributed by atoms with Crippen LogP contribution >= 0.6 is 0 Å². The van der Waals surface area contributed by atoms with Gasteiger partial charge in [-0.15, -0.1) is 0 Å². The fourth-order valence-electron chi connectivity index (χ4n) is 1.98. The molecule has 1 heterocycles. The number of benzene rings is 1. The standard InChI is InChI=1S/C13H14F2O2/c1-8-4-9(7-17-13(8)6-16)11-3-2-10(14)5-12(11)15/h2-3,5,7-8,13,16H,4,6H2,1H3. The Kier molecular flexibility index (Phi) is 3.43. The molecule has 0 bridgehead atoms. The molecule has 0 saturated carbocycles. The number of ether oxygens (including phenoxy) is 1.